The lowest BCUT2D eigenvalue weighted by Crippen LogP contribution is -2.35. The molecular weight excluding hydrogens is 208 g/mol. The second kappa shape index (κ2) is 4.36. The third-order valence-electron chi connectivity index (χ3n) is 3.51. The van der Waals surface area contributed by atoms with Crippen molar-refractivity contribution in [1.82, 2.24) is 0 Å². The molecule has 0 N–H and O–H groups in total. The monoisotopic (exact) mass is 224 g/mol. The lowest BCUT2D eigenvalue weighted by atomic mass is 9.77. The molecule has 4 nitrogen and oxygen atoms in total. The van der Waals surface area contributed by atoms with Crippen molar-refractivity contribution in [2.75, 3.05) is 7.11 Å². The molecule has 0 spiro atoms. The number of hydrogen-bond acceptors (Lipinski definition) is 4. The molecule has 16 heavy (non-hydrogen) atoms. The Morgan fingerprint density at radius 3 is 2.44 bits per heavy atom. The molecule has 0 radical (unpaired) electrons. The summed E-state index contributed by atoms with van der Waals surface area (Å²) in [4.78, 5) is 34.9. The molecule has 2 atom stereocenters. The first kappa shape index (κ1) is 11.3. The molecule has 0 heterocycles. The van der Waals surface area contributed by atoms with Crippen LogP contribution < -0.4 is 0 Å². The van der Waals surface area contributed by atoms with Gasteiger partial charge in [-0.25, -0.2) is 0 Å². The molecule has 2 aliphatic carbocycles. The summed E-state index contributed by atoms with van der Waals surface area (Å²) >= 11 is 0. The van der Waals surface area contributed by atoms with E-state index in [1.807, 2.05) is 0 Å². The zero-order chi connectivity index (χ0) is 11.7. The highest BCUT2D eigenvalue weighted by atomic mass is 16.5. The SMILES string of the molecule is COC(=O)C1CCC(=O)C(C(=O)C2CC2)C1. The Balaban J connectivity index is 2.02. The highest BCUT2D eigenvalue weighted by Crippen LogP contribution is 2.37. The maximum Gasteiger partial charge on any atom is 0.308 e. The molecular formula is C12H16O4. The van der Waals surface area contributed by atoms with Gasteiger partial charge in [-0.05, 0) is 25.7 Å². The third kappa shape index (κ3) is 2.15. The number of carbonyl (C=O) groups excluding carboxylic acids is 3. The lowest BCUT2D eigenvalue weighted by Gasteiger charge is -2.25. The Hall–Kier alpha value is -1.19. The Morgan fingerprint density at radius 1 is 1.19 bits per heavy atom. The quantitative estimate of drug-likeness (QED) is 0.532. The average Bonchev–Trinajstić information content (AvgIpc) is 3.11. The van der Waals surface area contributed by atoms with Gasteiger partial charge in [0, 0.05) is 12.3 Å². The first-order valence-electron chi connectivity index (χ1n) is 5.77. The molecule has 0 amide bonds. The van der Waals surface area contributed by atoms with Gasteiger partial charge < -0.3 is 4.74 Å². The summed E-state index contributed by atoms with van der Waals surface area (Å²) in [6.45, 7) is 0. The molecule has 0 aromatic rings. The largest absolute Gasteiger partial charge is 0.469 e. The van der Waals surface area contributed by atoms with Crippen molar-refractivity contribution >= 4 is 17.5 Å². The van der Waals surface area contributed by atoms with Crippen LogP contribution in [0.3, 0.4) is 0 Å². The zero-order valence-electron chi connectivity index (χ0n) is 9.40. The molecule has 0 aliphatic heterocycles. The zero-order valence-corrected chi connectivity index (χ0v) is 9.40. The average molecular weight is 224 g/mol. The van der Waals surface area contributed by atoms with E-state index in [-0.39, 0.29) is 29.4 Å². The van der Waals surface area contributed by atoms with Gasteiger partial charge >= 0.3 is 5.97 Å². The number of ketones is 2. The van der Waals surface area contributed by atoms with Crippen LogP contribution in [0.25, 0.3) is 0 Å². The maximum absolute atomic E-state index is 11.9. The molecule has 2 aliphatic rings. The number of carbonyl (C=O) groups is 3. The van der Waals surface area contributed by atoms with Gasteiger partial charge in [-0.2, -0.15) is 0 Å². The van der Waals surface area contributed by atoms with Gasteiger partial charge in [-0.1, -0.05) is 0 Å². The Labute approximate surface area is 94.3 Å². The Kier molecular flexibility index (Phi) is 3.08. The summed E-state index contributed by atoms with van der Waals surface area (Å²) < 4.78 is 4.67. The minimum atomic E-state index is -0.537. The Morgan fingerprint density at radius 2 is 1.88 bits per heavy atom. The predicted molar refractivity (Wildman–Crippen MR) is 55.6 cm³/mol. The summed E-state index contributed by atoms with van der Waals surface area (Å²) in [5.74, 6) is -0.942. The van der Waals surface area contributed by atoms with Crippen LogP contribution in [0.1, 0.15) is 32.1 Å². The fraction of sp³-hybridized carbons (Fsp3) is 0.750. The van der Waals surface area contributed by atoms with E-state index in [0.717, 1.165) is 12.8 Å². The van der Waals surface area contributed by atoms with Crippen molar-refractivity contribution in [1.29, 1.82) is 0 Å². The second-order valence-electron chi connectivity index (χ2n) is 4.69. The number of Topliss-reactive ketones (excluding diaryl/α,β-unsaturated/α-hetero) is 2. The highest BCUT2D eigenvalue weighted by molar-refractivity contribution is 6.05. The lowest BCUT2D eigenvalue weighted by molar-refractivity contribution is -0.149. The smallest absolute Gasteiger partial charge is 0.308 e. The van der Waals surface area contributed by atoms with Gasteiger partial charge in [0.05, 0.1) is 18.9 Å². The van der Waals surface area contributed by atoms with Crippen LogP contribution in [0.2, 0.25) is 0 Å². The van der Waals surface area contributed by atoms with E-state index >= 15 is 0 Å². The summed E-state index contributed by atoms with van der Waals surface area (Å²) in [6, 6.07) is 0. The first-order valence-corrected chi connectivity index (χ1v) is 5.77. The molecule has 88 valence electrons. The van der Waals surface area contributed by atoms with Gasteiger partial charge in [0.2, 0.25) is 0 Å². The minimum Gasteiger partial charge on any atom is -0.469 e. The number of hydrogen-bond donors (Lipinski definition) is 0. The fourth-order valence-electron chi connectivity index (χ4n) is 2.33. The van der Waals surface area contributed by atoms with Crippen molar-refractivity contribution in [3.63, 3.8) is 0 Å². The van der Waals surface area contributed by atoms with Crippen LogP contribution in [0.4, 0.5) is 0 Å². The van der Waals surface area contributed by atoms with Gasteiger partial charge in [0.15, 0.2) is 0 Å². The van der Waals surface area contributed by atoms with Crippen molar-refractivity contribution in [2.24, 2.45) is 17.8 Å². The molecule has 2 rings (SSSR count). The molecule has 0 saturated heterocycles. The molecule has 2 fully saturated rings. The van der Waals surface area contributed by atoms with E-state index in [9.17, 15) is 14.4 Å². The molecule has 2 unspecified atom stereocenters. The van der Waals surface area contributed by atoms with Crippen LogP contribution >= 0.6 is 0 Å². The van der Waals surface area contributed by atoms with E-state index in [0.29, 0.717) is 19.3 Å². The summed E-state index contributed by atoms with van der Waals surface area (Å²) in [5.41, 5.74) is 0. The van der Waals surface area contributed by atoms with E-state index < -0.39 is 5.92 Å². The van der Waals surface area contributed by atoms with Crippen molar-refractivity contribution in [3.05, 3.63) is 0 Å². The second-order valence-corrected chi connectivity index (χ2v) is 4.69. The molecule has 0 aromatic heterocycles. The topological polar surface area (TPSA) is 60.4 Å². The van der Waals surface area contributed by atoms with Gasteiger partial charge in [0.25, 0.3) is 0 Å². The minimum absolute atomic E-state index is 0.0112. The van der Waals surface area contributed by atoms with Crippen LogP contribution in [0.15, 0.2) is 0 Å². The molecule has 0 bridgehead atoms. The van der Waals surface area contributed by atoms with Crippen LogP contribution in [-0.4, -0.2) is 24.6 Å². The number of rotatable bonds is 3. The van der Waals surface area contributed by atoms with E-state index in [1.165, 1.54) is 7.11 Å². The summed E-state index contributed by atoms with van der Waals surface area (Å²) in [5, 5.41) is 0. The van der Waals surface area contributed by atoms with Gasteiger partial charge in [-0.3, -0.25) is 14.4 Å². The number of ether oxygens (including phenoxy) is 1. The normalized spacial score (nSPS) is 29.9. The number of methoxy groups -OCH3 is 1. The van der Waals surface area contributed by atoms with Crippen molar-refractivity contribution < 1.29 is 19.1 Å². The van der Waals surface area contributed by atoms with E-state index in [1.54, 1.807) is 0 Å². The van der Waals surface area contributed by atoms with Crippen molar-refractivity contribution in [3.8, 4) is 0 Å². The number of esters is 1. The predicted octanol–water partition coefficient (Wildman–Crippen LogP) is 1.12. The van der Waals surface area contributed by atoms with Crippen LogP contribution in [0, 0.1) is 17.8 Å². The van der Waals surface area contributed by atoms with Crippen LogP contribution in [-0.2, 0) is 19.1 Å². The van der Waals surface area contributed by atoms with Crippen molar-refractivity contribution in [2.45, 2.75) is 32.1 Å². The van der Waals surface area contributed by atoms with E-state index in [2.05, 4.69) is 4.74 Å². The summed E-state index contributed by atoms with van der Waals surface area (Å²) in [6.07, 6.45) is 3.04. The molecule has 2 saturated carbocycles. The Bertz CT molecular complexity index is 330. The van der Waals surface area contributed by atoms with Gasteiger partial charge in [0.1, 0.15) is 11.6 Å². The summed E-state index contributed by atoms with van der Waals surface area (Å²) in [7, 11) is 1.34. The first-order chi connectivity index (χ1) is 7.63. The molecule has 0 aromatic carbocycles. The third-order valence-corrected chi connectivity index (χ3v) is 3.51. The van der Waals surface area contributed by atoms with Gasteiger partial charge in [-0.15, -0.1) is 0 Å². The fourth-order valence-corrected chi connectivity index (χ4v) is 2.33. The molecule has 4 heteroatoms. The van der Waals surface area contributed by atoms with E-state index in [4.69, 9.17) is 0 Å². The van der Waals surface area contributed by atoms with Crippen LogP contribution in [0.5, 0.6) is 0 Å². The maximum atomic E-state index is 11.9. The standard InChI is InChI=1S/C12H16O4/c1-16-12(15)8-4-5-10(13)9(6-8)11(14)7-2-3-7/h7-9H,2-6H2,1H3. The highest BCUT2D eigenvalue weighted by Gasteiger charge is 2.42.